The number of amides is 1. The van der Waals surface area contributed by atoms with E-state index in [2.05, 4.69) is 4.18 Å². The lowest BCUT2D eigenvalue weighted by Crippen LogP contribution is -2.32. The van der Waals surface area contributed by atoms with E-state index >= 15 is 0 Å². The molecular formula is C11H15NO6S2. The first kappa shape index (κ1) is 16.4. The van der Waals surface area contributed by atoms with Crippen molar-refractivity contribution in [2.24, 2.45) is 0 Å². The van der Waals surface area contributed by atoms with Gasteiger partial charge in [0, 0.05) is 0 Å². The van der Waals surface area contributed by atoms with Crippen LogP contribution in [0.5, 0.6) is 5.75 Å². The molecule has 20 heavy (non-hydrogen) atoms. The zero-order valence-corrected chi connectivity index (χ0v) is 12.8. The Morgan fingerprint density at radius 3 is 2.00 bits per heavy atom. The van der Waals surface area contributed by atoms with Crippen molar-refractivity contribution in [1.82, 2.24) is 4.72 Å². The highest BCUT2D eigenvalue weighted by atomic mass is 32.2. The van der Waals surface area contributed by atoms with Crippen LogP contribution in [-0.2, 0) is 24.9 Å². The van der Waals surface area contributed by atoms with Crippen molar-refractivity contribution in [3.05, 3.63) is 29.8 Å². The second-order valence-electron chi connectivity index (χ2n) is 4.32. The number of rotatable bonds is 5. The molecule has 7 nitrogen and oxygen atoms in total. The molecule has 0 heterocycles. The minimum atomic E-state index is -3.61. The number of hydrogen-bond donors (Lipinski definition) is 1. The molecule has 1 aromatic carbocycles. The molecule has 0 unspecified atom stereocenters. The van der Waals surface area contributed by atoms with Crippen molar-refractivity contribution in [3.8, 4) is 5.75 Å². The quantitative estimate of drug-likeness (QED) is 0.777. The Bertz CT molecular complexity index is 691. The minimum Gasteiger partial charge on any atom is -0.383 e. The lowest BCUT2D eigenvalue weighted by molar-refractivity contribution is -0.120. The third-order valence-electron chi connectivity index (χ3n) is 2.31. The molecule has 0 saturated heterocycles. The second kappa shape index (κ2) is 5.80. The van der Waals surface area contributed by atoms with E-state index in [-0.39, 0.29) is 5.75 Å². The maximum atomic E-state index is 11.7. The first-order valence-corrected chi connectivity index (χ1v) is 9.20. The zero-order valence-electron chi connectivity index (χ0n) is 11.2. The molecule has 0 aliphatic carbocycles. The molecule has 0 bridgehead atoms. The molecule has 0 aromatic heterocycles. The molecule has 0 aliphatic rings. The third kappa shape index (κ3) is 5.57. The van der Waals surface area contributed by atoms with Crippen LogP contribution in [0, 0.1) is 0 Å². The Morgan fingerprint density at radius 1 is 1.10 bits per heavy atom. The van der Waals surface area contributed by atoms with E-state index in [1.165, 1.54) is 31.2 Å². The van der Waals surface area contributed by atoms with Crippen molar-refractivity contribution in [2.75, 3.05) is 12.5 Å². The third-order valence-corrected chi connectivity index (χ3v) is 3.37. The summed E-state index contributed by atoms with van der Waals surface area (Å²) in [6.45, 7) is 1.53. The lowest BCUT2D eigenvalue weighted by atomic mass is 10.0. The van der Waals surface area contributed by atoms with Crippen LogP contribution >= 0.6 is 0 Å². The summed E-state index contributed by atoms with van der Waals surface area (Å²) in [5.74, 6) is -1.24. The molecule has 1 N–H and O–H groups in total. The highest BCUT2D eigenvalue weighted by Crippen LogP contribution is 2.20. The fourth-order valence-electron chi connectivity index (χ4n) is 1.41. The highest BCUT2D eigenvalue weighted by molar-refractivity contribution is 7.89. The van der Waals surface area contributed by atoms with E-state index in [9.17, 15) is 21.6 Å². The van der Waals surface area contributed by atoms with Crippen molar-refractivity contribution in [3.63, 3.8) is 0 Å². The monoisotopic (exact) mass is 321 g/mol. The summed E-state index contributed by atoms with van der Waals surface area (Å²) in [7, 11) is -7.22. The Labute approximate surface area is 118 Å². The second-order valence-corrected chi connectivity index (χ2v) is 7.64. The summed E-state index contributed by atoms with van der Waals surface area (Å²) < 4.78 is 50.3. The molecule has 0 radical (unpaired) electrons. The van der Waals surface area contributed by atoms with Gasteiger partial charge in [-0.05, 0) is 24.6 Å². The molecule has 1 rings (SSSR count). The number of carbonyl (C=O) groups excluding carboxylic acids is 1. The zero-order chi connectivity index (χ0) is 15.6. The fraction of sp³-hybridized carbons (Fsp3) is 0.364. The average molecular weight is 321 g/mol. The van der Waals surface area contributed by atoms with Crippen LogP contribution in [0.1, 0.15) is 18.4 Å². The van der Waals surface area contributed by atoms with Crippen molar-refractivity contribution in [1.29, 1.82) is 0 Å². The Morgan fingerprint density at radius 2 is 1.60 bits per heavy atom. The maximum absolute atomic E-state index is 11.7. The van der Waals surface area contributed by atoms with Crippen LogP contribution in [0.25, 0.3) is 0 Å². The van der Waals surface area contributed by atoms with Crippen LogP contribution < -0.4 is 8.91 Å². The molecule has 0 fully saturated rings. The van der Waals surface area contributed by atoms with Crippen molar-refractivity contribution < 1.29 is 25.8 Å². The van der Waals surface area contributed by atoms with Gasteiger partial charge in [-0.2, -0.15) is 8.42 Å². The number of benzene rings is 1. The van der Waals surface area contributed by atoms with Gasteiger partial charge in [0.25, 0.3) is 0 Å². The van der Waals surface area contributed by atoms with Crippen molar-refractivity contribution >= 4 is 26.0 Å². The molecular weight excluding hydrogens is 306 g/mol. The lowest BCUT2D eigenvalue weighted by Gasteiger charge is -2.12. The first-order chi connectivity index (χ1) is 8.98. The van der Waals surface area contributed by atoms with Gasteiger partial charge in [-0.25, -0.2) is 8.42 Å². The first-order valence-electron chi connectivity index (χ1n) is 5.49. The topological polar surface area (TPSA) is 107 Å². The molecule has 112 valence electrons. The van der Waals surface area contributed by atoms with Gasteiger partial charge in [0.2, 0.25) is 15.9 Å². The van der Waals surface area contributed by atoms with Crippen LogP contribution in [0.4, 0.5) is 0 Å². The molecule has 1 amide bonds. The number of nitrogens with one attached hydrogen (secondary N) is 1. The van der Waals surface area contributed by atoms with Gasteiger partial charge in [-0.15, -0.1) is 0 Å². The molecule has 1 aromatic rings. The van der Waals surface area contributed by atoms with Crippen LogP contribution in [-0.4, -0.2) is 35.3 Å². The van der Waals surface area contributed by atoms with Gasteiger partial charge in [0.1, 0.15) is 5.75 Å². The van der Waals surface area contributed by atoms with E-state index in [4.69, 9.17) is 0 Å². The van der Waals surface area contributed by atoms with Gasteiger partial charge in [-0.1, -0.05) is 12.1 Å². The highest BCUT2D eigenvalue weighted by Gasteiger charge is 2.18. The minimum absolute atomic E-state index is 0.118. The van der Waals surface area contributed by atoms with Crippen LogP contribution in [0.3, 0.4) is 0 Å². The van der Waals surface area contributed by atoms with Crippen LogP contribution in [0.15, 0.2) is 24.3 Å². The molecule has 0 aliphatic heterocycles. The van der Waals surface area contributed by atoms with Crippen LogP contribution in [0.2, 0.25) is 0 Å². The Balaban J connectivity index is 2.85. The van der Waals surface area contributed by atoms with E-state index in [0.717, 1.165) is 12.5 Å². The normalized spacial score (nSPS) is 13.6. The Hall–Kier alpha value is -1.61. The molecule has 0 saturated carbocycles. The number of carbonyl (C=O) groups is 1. The number of hydrogen-bond acceptors (Lipinski definition) is 6. The molecule has 0 spiro atoms. The predicted octanol–water partition coefficient (Wildman–Crippen LogP) is 0.204. The average Bonchev–Trinajstić information content (AvgIpc) is 2.24. The summed E-state index contributed by atoms with van der Waals surface area (Å²) >= 11 is 0. The SMILES string of the molecule is C[C@@H](C(=O)NS(C)(=O)=O)c1ccc(OS(C)(=O)=O)cc1. The van der Waals surface area contributed by atoms with E-state index in [0.29, 0.717) is 5.56 Å². The summed E-state index contributed by atoms with van der Waals surface area (Å²) in [5.41, 5.74) is 0.534. The van der Waals surface area contributed by atoms with E-state index in [1.54, 1.807) is 0 Å². The summed E-state index contributed by atoms with van der Waals surface area (Å²) in [4.78, 5) is 11.7. The largest absolute Gasteiger partial charge is 0.383 e. The predicted molar refractivity (Wildman–Crippen MR) is 73.3 cm³/mol. The fourth-order valence-corrected chi connectivity index (χ4v) is 2.41. The standard InChI is InChI=1S/C11H15NO6S2/c1-8(11(13)12-19(2,14)15)9-4-6-10(7-5-9)18-20(3,16)17/h4-8H,1-3H3,(H,12,13)/t8-/m1/s1. The molecule has 1 atom stereocenters. The van der Waals surface area contributed by atoms with Gasteiger partial charge in [-0.3, -0.25) is 9.52 Å². The van der Waals surface area contributed by atoms with E-state index < -0.39 is 32.0 Å². The van der Waals surface area contributed by atoms with Gasteiger partial charge >= 0.3 is 10.1 Å². The van der Waals surface area contributed by atoms with E-state index in [1.807, 2.05) is 4.72 Å². The maximum Gasteiger partial charge on any atom is 0.306 e. The summed E-state index contributed by atoms with van der Waals surface area (Å²) in [5, 5.41) is 0. The molecule has 9 heteroatoms. The van der Waals surface area contributed by atoms with Gasteiger partial charge < -0.3 is 4.18 Å². The smallest absolute Gasteiger partial charge is 0.306 e. The summed E-state index contributed by atoms with van der Waals surface area (Å²) in [6.07, 6.45) is 1.81. The van der Waals surface area contributed by atoms with Gasteiger partial charge in [0.15, 0.2) is 0 Å². The summed E-state index contributed by atoms with van der Waals surface area (Å²) in [6, 6.07) is 5.77. The number of sulfonamides is 1. The Kier molecular flexibility index (Phi) is 4.77. The van der Waals surface area contributed by atoms with Crippen molar-refractivity contribution in [2.45, 2.75) is 12.8 Å². The van der Waals surface area contributed by atoms with Gasteiger partial charge in [0.05, 0.1) is 18.4 Å².